The molecule has 0 aromatic heterocycles. The van der Waals surface area contributed by atoms with Crippen LogP contribution in [0.4, 0.5) is 11.4 Å². The summed E-state index contributed by atoms with van der Waals surface area (Å²) in [4.78, 5) is 24.6. The molecule has 0 radical (unpaired) electrons. The quantitative estimate of drug-likeness (QED) is 0.282. The molecule has 0 atom stereocenters. The number of carbonyl (C=O) groups excluding carboxylic acids is 2. The molecule has 0 aliphatic rings. The molecule has 1 amide bonds. The fraction of sp³-hybridized carbons (Fsp3) is 0.259. The summed E-state index contributed by atoms with van der Waals surface area (Å²) < 4.78 is 36.7. The van der Waals surface area contributed by atoms with Crippen molar-refractivity contribution in [2.45, 2.75) is 26.4 Å². The van der Waals surface area contributed by atoms with Crippen LogP contribution in [0, 0.1) is 0 Å². The van der Waals surface area contributed by atoms with Gasteiger partial charge >= 0.3 is 5.97 Å². The first kappa shape index (κ1) is 26.7. The summed E-state index contributed by atoms with van der Waals surface area (Å²) in [6, 6.07) is 22.4. The van der Waals surface area contributed by atoms with Crippen molar-refractivity contribution in [2.75, 3.05) is 29.0 Å². The number of esters is 1. The maximum absolute atomic E-state index is 12.6. The highest BCUT2D eigenvalue weighted by molar-refractivity contribution is 7.92. The second-order valence-electron chi connectivity index (χ2n) is 8.15. The number of rotatable bonds is 12. The van der Waals surface area contributed by atoms with Crippen molar-refractivity contribution in [1.29, 1.82) is 0 Å². The first-order chi connectivity index (χ1) is 17.3. The fourth-order valence-corrected chi connectivity index (χ4v) is 4.12. The van der Waals surface area contributed by atoms with Gasteiger partial charge in [0, 0.05) is 5.69 Å². The Bertz CT molecular complexity index is 1240. The Kier molecular flexibility index (Phi) is 9.46. The highest BCUT2D eigenvalue weighted by Gasteiger charge is 2.21. The van der Waals surface area contributed by atoms with Crippen LogP contribution in [0.5, 0.6) is 5.75 Å². The molecule has 0 spiro atoms. The molecular formula is C27H30N2O6S. The van der Waals surface area contributed by atoms with Gasteiger partial charge in [-0.1, -0.05) is 43.7 Å². The van der Waals surface area contributed by atoms with Crippen molar-refractivity contribution in [1.82, 2.24) is 0 Å². The Balaban J connectivity index is 1.60. The van der Waals surface area contributed by atoms with Gasteiger partial charge in [-0.25, -0.2) is 13.2 Å². The van der Waals surface area contributed by atoms with Crippen molar-refractivity contribution in [2.24, 2.45) is 0 Å². The standard InChI is InChI=1S/C27H30N2O6S/c1-3-4-18-34-27(31)22-10-12-23(13-11-22)28-26(30)19-29(36(2,32)33)24-14-16-25(17-15-24)35-20-21-8-6-5-7-9-21/h5-17H,3-4,18-20H2,1-2H3,(H,28,30). The van der Waals surface area contributed by atoms with Crippen LogP contribution in [0.3, 0.4) is 0 Å². The van der Waals surface area contributed by atoms with E-state index in [1.165, 1.54) is 0 Å². The predicted molar refractivity (Wildman–Crippen MR) is 140 cm³/mol. The zero-order chi connectivity index (χ0) is 26.0. The van der Waals surface area contributed by atoms with Crippen molar-refractivity contribution >= 4 is 33.3 Å². The highest BCUT2D eigenvalue weighted by atomic mass is 32.2. The lowest BCUT2D eigenvalue weighted by Gasteiger charge is -2.22. The summed E-state index contributed by atoms with van der Waals surface area (Å²) in [5, 5.41) is 2.66. The number of nitrogens with one attached hydrogen (secondary N) is 1. The molecule has 36 heavy (non-hydrogen) atoms. The van der Waals surface area contributed by atoms with Crippen molar-refractivity contribution in [3.05, 3.63) is 90.0 Å². The molecule has 0 heterocycles. The van der Waals surface area contributed by atoms with Gasteiger partial charge in [0.1, 0.15) is 18.9 Å². The average Bonchev–Trinajstić information content (AvgIpc) is 2.87. The van der Waals surface area contributed by atoms with Crippen LogP contribution >= 0.6 is 0 Å². The zero-order valence-electron chi connectivity index (χ0n) is 20.3. The molecule has 190 valence electrons. The molecule has 0 fully saturated rings. The van der Waals surface area contributed by atoms with E-state index in [0.29, 0.717) is 35.9 Å². The minimum absolute atomic E-state index is 0.338. The van der Waals surface area contributed by atoms with Gasteiger partial charge in [0.2, 0.25) is 15.9 Å². The van der Waals surface area contributed by atoms with Gasteiger partial charge in [0.25, 0.3) is 0 Å². The fourth-order valence-electron chi connectivity index (χ4n) is 3.26. The molecule has 9 heteroatoms. The lowest BCUT2D eigenvalue weighted by atomic mass is 10.2. The van der Waals surface area contributed by atoms with Crippen LogP contribution < -0.4 is 14.4 Å². The Morgan fingerprint density at radius 1 is 0.917 bits per heavy atom. The van der Waals surface area contributed by atoms with Gasteiger partial charge in [0.15, 0.2) is 0 Å². The third-order valence-corrected chi connectivity index (χ3v) is 6.34. The molecule has 0 unspecified atom stereocenters. The van der Waals surface area contributed by atoms with E-state index >= 15 is 0 Å². The largest absolute Gasteiger partial charge is 0.489 e. The van der Waals surface area contributed by atoms with E-state index in [9.17, 15) is 18.0 Å². The molecule has 1 N–H and O–H groups in total. The Hall–Kier alpha value is -3.85. The summed E-state index contributed by atoms with van der Waals surface area (Å²) in [6.45, 7) is 2.33. The van der Waals surface area contributed by atoms with E-state index in [1.807, 2.05) is 37.3 Å². The van der Waals surface area contributed by atoms with E-state index in [-0.39, 0.29) is 0 Å². The molecule has 0 saturated heterocycles. The number of sulfonamides is 1. The second-order valence-corrected chi connectivity index (χ2v) is 10.1. The van der Waals surface area contributed by atoms with Crippen molar-refractivity contribution in [3.63, 3.8) is 0 Å². The third-order valence-electron chi connectivity index (χ3n) is 5.20. The smallest absolute Gasteiger partial charge is 0.338 e. The normalized spacial score (nSPS) is 10.9. The number of amides is 1. The minimum Gasteiger partial charge on any atom is -0.489 e. The first-order valence-corrected chi connectivity index (χ1v) is 13.4. The third kappa shape index (κ3) is 8.13. The molecule has 0 aliphatic heterocycles. The van der Waals surface area contributed by atoms with Crippen LogP contribution in [-0.2, 0) is 26.2 Å². The van der Waals surface area contributed by atoms with Crippen LogP contribution in [0.1, 0.15) is 35.7 Å². The molecule has 3 rings (SSSR count). The van der Waals surface area contributed by atoms with Gasteiger partial charge in [-0.05, 0) is 60.5 Å². The summed E-state index contributed by atoms with van der Waals surface area (Å²) in [6.07, 6.45) is 2.76. The number of benzene rings is 3. The highest BCUT2D eigenvalue weighted by Crippen LogP contribution is 2.22. The van der Waals surface area contributed by atoms with E-state index in [4.69, 9.17) is 9.47 Å². The lowest BCUT2D eigenvalue weighted by molar-refractivity contribution is -0.114. The lowest BCUT2D eigenvalue weighted by Crippen LogP contribution is -2.37. The number of nitrogens with zero attached hydrogens (tertiary/aromatic N) is 1. The number of carbonyl (C=O) groups is 2. The van der Waals surface area contributed by atoms with Gasteiger partial charge in [-0.15, -0.1) is 0 Å². The van der Waals surface area contributed by atoms with E-state index in [0.717, 1.165) is 29.0 Å². The maximum atomic E-state index is 12.6. The van der Waals surface area contributed by atoms with Crippen molar-refractivity contribution in [3.8, 4) is 5.75 Å². The number of unbranched alkanes of at least 4 members (excludes halogenated alkanes) is 1. The minimum atomic E-state index is -3.73. The van der Waals surface area contributed by atoms with Gasteiger partial charge < -0.3 is 14.8 Å². The van der Waals surface area contributed by atoms with E-state index in [2.05, 4.69) is 5.32 Å². The van der Waals surface area contributed by atoms with Crippen molar-refractivity contribution < 1.29 is 27.5 Å². The second kappa shape index (κ2) is 12.7. The molecule has 3 aromatic rings. The van der Waals surface area contributed by atoms with Crippen LogP contribution in [0.25, 0.3) is 0 Å². The number of hydrogen-bond acceptors (Lipinski definition) is 6. The van der Waals surface area contributed by atoms with E-state index < -0.39 is 28.4 Å². The topological polar surface area (TPSA) is 102 Å². The van der Waals surface area contributed by atoms with Crippen LogP contribution in [0.2, 0.25) is 0 Å². The zero-order valence-corrected chi connectivity index (χ0v) is 21.2. The molecule has 8 nitrogen and oxygen atoms in total. The average molecular weight is 511 g/mol. The maximum Gasteiger partial charge on any atom is 0.338 e. The van der Waals surface area contributed by atoms with Crippen LogP contribution in [-0.4, -0.2) is 39.7 Å². The Labute approximate surface area is 211 Å². The monoisotopic (exact) mass is 510 g/mol. The summed E-state index contributed by atoms with van der Waals surface area (Å²) in [7, 11) is -3.73. The van der Waals surface area contributed by atoms with Gasteiger partial charge in [0.05, 0.1) is 24.1 Å². The number of ether oxygens (including phenoxy) is 2. The molecule has 0 bridgehead atoms. The molecule has 0 saturated carbocycles. The van der Waals surface area contributed by atoms with Gasteiger partial charge in [-0.3, -0.25) is 9.10 Å². The SMILES string of the molecule is CCCCOC(=O)c1ccc(NC(=O)CN(c2ccc(OCc3ccccc3)cc2)S(C)(=O)=O)cc1. The Morgan fingerprint density at radius 2 is 1.58 bits per heavy atom. The Morgan fingerprint density at radius 3 is 2.19 bits per heavy atom. The molecule has 3 aromatic carbocycles. The summed E-state index contributed by atoms with van der Waals surface area (Å²) >= 11 is 0. The number of anilines is 2. The summed E-state index contributed by atoms with van der Waals surface area (Å²) in [5.41, 5.74) is 2.15. The predicted octanol–water partition coefficient (Wildman–Crippen LogP) is 4.63. The first-order valence-electron chi connectivity index (χ1n) is 11.6. The molecular weight excluding hydrogens is 480 g/mol. The molecule has 0 aliphatic carbocycles. The van der Waals surface area contributed by atoms with Gasteiger partial charge in [-0.2, -0.15) is 0 Å². The van der Waals surface area contributed by atoms with Crippen LogP contribution in [0.15, 0.2) is 78.9 Å². The number of hydrogen-bond donors (Lipinski definition) is 1. The summed E-state index contributed by atoms with van der Waals surface area (Å²) in [5.74, 6) is -0.377. The van der Waals surface area contributed by atoms with E-state index in [1.54, 1.807) is 48.5 Å².